The Labute approximate surface area is 233 Å². The van der Waals surface area contributed by atoms with Crippen molar-refractivity contribution in [1.82, 2.24) is 4.98 Å². The van der Waals surface area contributed by atoms with E-state index in [4.69, 9.17) is 13.9 Å². The summed E-state index contributed by atoms with van der Waals surface area (Å²) in [7, 11) is 0. The number of ether oxygens (including phenoxy) is 2. The number of para-hydroxylation sites is 2. The molecule has 0 saturated carbocycles. The minimum atomic E-state index is -0.696. The van der Waals surface area contributed by atoms with Crippen LogP contribution in [0.3, 0.4) is 0 Å². The average Bonchev–Trinajstić information content (AvgIpc) is 3.57. The second-order valence-corrected chi connectivity index (χ2v) is 10.2. The van der Waals surface area contributed by atoms with E-state index in [1.54, 1.807) is 37.3 Å². The molecule has 0 aliphatic heterocycles. The van der Waals surface area contributed by atoms with Crippen molar-refractivity contribution in [2.75, 3.05) is 18.5 Å². The van der Waals surface area contributed by atoms with Gasteiger partial charge in [-0.2, -0.15) is 0 Å². The minimum Gasteiger partial charge on any atom is -0.462 e. The molecule has 0 unspecified atom stereocenters. The Kier molecular flexibility index (Phi) is 6.88. The van der Waals surface area contributed by atoms with Gasteiger partial charge in [-0.15, -0.1) is 11.3 Å². The number of anilines is 1. The lowest BCUT2D eigenvalue weighted by Crippen LogP contribution is -2.22. The van der Waals surface area contributed by atoms with Crippen molar-refractivity contribution in [3.05, 3.63) is 95.1 Å². The van der Waals surface area contributed by atoms with Gasteiger partial charge >= 0.3 is 11.9 Å². The highest BCUT2D eigenvalue weighted by Crippen LogP contribution is 2.45. The van der Waals surface area contributed by atoms with Gasteiger partial charge in [-0.3, -0.25) is 4.79 Å². The Morgan fingerprint density at radius 3 is 2.48 bits per heavy atom. The largest absolute Gasteiger partial charge is 0.462 e. The van der Waals surface area contributed by atoms with Crippen molar-refractivity contribution < 1.29 is 28.3 Å². The molecular formula is C31H24N2O6S. The molecule has 2 aromatic heterocycles. The van der Waals surface area contributed by atoms with Crippen molar-refractivity contribution in [3.8, 4) is 21.9 Å². The highest BCUT2D eigenvalue weighted by Gasteiger charge is 2.30. The summed E-state index contributed by atoms with van der Waals surface area (Å²) in [6.45, 7) is 1.41. The Balaban J connectivity index is 1.21. The highest BCUT2D eigenvalue weighted by molar-refractivity contribution is 7.20. The molecule has 2 heterocycles. The first kappa shape index (κ1) is 25.5. The Morgan fingerprint density at radius 2 is 1.65 bits per heavy atom. The molecular weight excluding hydrogens is 528 g/mol. The number of aryl methyl sites for hydroxylation is 1. The number of esters is 2. The Morgan fingerprint density at radius 1 is 0.900 bits per heavy atom. The summed E-state index contributed by atoms with van der Waals surface area (Å²) in [5.41, 5.74) is 5.39. The van der Waals surface area contributed by atoms with Crippen LogP contribution >= 0.6 is 11.3 Å². The summed E-state index contributed by atoms with van der Waals surface area (Å²) in [5.74, 6) is -1.47. The van der Waals surface area contributed by atoms with Crippen LogP contribution in [-0.2, 0) is 27.1 Å². The van der Waals surface area contributed by atoms with Crippen molar-refractivity contribution >= 4 is 45.3 Å². The number of thiophene rings is 1. The molecule has 0 atom stereocenters. The topological polar surface area (TPSA) is 108 Å². The number of fused-ring (bicyclic) bond motifs is 4. The third-order valence-corrected chi connectivity index (χ3v) is 7.83. The Bertz CT molecular complexity index is 1740. The minimum absolute atomic E-state index is 0.213. The van der Waals surface area contributed by atoms with Crippen LogP contribution < -0.4 is 5.32 Å². The first-order chi connectivity index (χ1) is 19.5. The Hall–Kier alpha value is -4.76. The lowest BCUT2D eigenvalue weighted by molar-refractivity contribution is -0.119. The van der Waals surface area contributed by atoms with Crippen molar-refractivity contribution in [1.29, 1.82) is 0 Å². The van der Waals surface area contributed by atoms with Gasteiger partial charge in [0, 0.05) is 4.88 Å². The second-order valence-electron chi connectivity index (χ2n) is 9.15. The molecule has 0 fully saturated rings. The second kappa shape index (κ2) is 10.8. The van der Waals surface area contributed by atoms with E-state index in [2.05, 4.69) is 16.4 Å². The van der Waals surface area contributed by atoms with Crippen LogP contribution in [-0.4, -0.2) is 36.0 Å². The van der Waals surface area contributed by atoms with E-state index >= 15 is 0 Å². The lowest BCUT2D eigenvalue weighted by atomic mass is 9.89. The molecule has 1 aliphatic carbocycles. The molecule has 5 aromatic rings. The molecule has 0 radical (unpaired) electrons. The maximum absolute atomic E-state index is 13.0. The zero-order chi connectivity index (χ0) is 27.6. The van der Waals surface area contributed by atoms with Crippen molar-refractivity contribution in [2.45, 2.75) is 19.8 Å². The van der Waals surface area contributed by atoms with Crippen molar-refractivity contribution in [3.63, 3.8) is 0 Å². The van der Waals surface area contributed by atoms with E-state index < -0.39 is 24.5 Å². The molecule has 40 heavy (non-hydrogen) atoms. The fourth-order valence-electron chi connectivity index (χ4n) is 4.85. The van der Waals surface area contributed by atoms with Gasteiger partial charge in [0.2, 0.25) is 5.89 Å². The quantitative estimate of drug-likeness (QED) is 0.236. The van der Waals surface area contributed by atoms with Crippen LogP contribution in [0.5, 0.6) is 0 Å². The van der Waals surface area contributed by atoms with Crippen LogP contribution in [0, 0.1) is 0 Å². The number of hydrogen-bond acceptors (Lipinski definition) is 8. The molecule has 3 aromatic carbocycles. The number of nitrogens with zero attached hydrogens (tertiary/aromatic N) is 1. The standard InChI is InChI=1S/C31H24N2O6S/c1-2-37-31(36)26-22-16-15-18-9-3-4-10-19(18)27(22)40-29(26)33-25(34)17-38-30(35)21-12-6-5-11-20(21)28-32-23-13-7-8-14-24(23)39-28/h3-14H,2,15-17H2,1H3,(H,33,34). The molecule has 200 valence electrons. The third-order valence-electron chi connectivity index (χ3n) is 6.65. The van der Waals surface area contributed by atoms with Gasteiger partial charge in [-0.25, -0.2) is 14.6 Å². The summed E-state index contributed by atoms with van der Waals surface area (Å²) in [6, 6.07) is 22.1. The zero-order valence-electron chi connectivity index (χ0n) is 21.6. The normalized spacial score (nSPS) is 11.9. The van der Waals surface area contributed by atoms with Gasteiger partial charge in [-0.05, 0) is 60.7 Å². The van der Waals surface area contributed by atoms with Crippen LogP contribution in [0.2, 0.25) is 0 Å². The number of benzene rings is 3. The number of oxazole rings is 1. The van der Waals surface area contributed by atoms with Gasteiger partial charge in [-0.1, -0.05) is 48.5 Å². The summed E-state index contributed by atoms with van der Waals surface area (Å²) >= 11 is 1.33. The van der Waals surface area contributed by atoms with Gasteiger partial charge in [0.25, 0.3) is 5.91 Å². The van der Waals surface area contributed by atoms with E-state index in [1.165, 1.54) is 16.9 Å². The molecule has 6 rings (SSSR count). The third kappa shape index (κ3) is 4.76. The average molecular weight is 553 g/mol. The first-order valence-electron chi connectivity index (χ1n) is 12.9. The maximum atomic E-state index is 13.0. The lowest BCUT2D eigenvalue weighted by Gasteiger charge is -2.16. The summed E-state index contributed by atoms with van der Waals surface area (Å²) in [6.07, 6.45) is 1.45. The number of carbonyl (C=O) groups is 3. The fraction of sp³-hybridized carbons (Fsp3) is 0.161. The molecule has 8 nitrogen and oxygen atoms in total. The van der Waals surface area contributed by atoms with Crippen molar-refractivity contribution in [2.24, 2.45) is 0 Å². The fourth-order valence-corrected chi connectivity index (χ4v) is 6.17. The maximum Gasteiger partial charge on any atom is 0.341 e. The molecule has 0 spiro atoms. The van der Waals surface area contributed by atoms with Gasteiger partial charge in [0.15, 0.2) is 12.2 Å². The van der Waals surface area contributed by atoms with Crippen LogP contribution in [0.25, 0.3) is 33.0 Å². The smallest absolute Gasteiger partial charge is 0.341 e. The van der Waals surface area contributed by atoms with E-state index in [0.29, 0.717) is 33.6 Å². The zero-order valence-corrected chi connectivity index (χ0v) is 22.4. The van der Waals surface area contributed by atoms with E-state index in [-0.39, 0.29) is 18.1 Å². The monoisotopic (exact) mass is 552 g/mol. The number of aromatic nitrogens is 1. The predicted octanol–water partition coefficient (Wildman–Crippen LogP) is 6.29. The van der Waals surface area contributed by atoms with E-state index in [9.17, 15) is 14.4 Å². The summed E-state index contributed by atoms with van der Waals surface area (Å²) in [5, 5.41) is 3.16. The number of nitrogens with one attached hydrogen (secondary N) is 1. The first-order valence-corrected chi connectivity index (χ1v) is 13.7. The van der Waals surface area contributed by atoms with Gasteiger partial charge < -0.3 is 19.2 Å². The number of rotatable bonds is 7. The van der Waals surface area contributed by atoms with Crippen LogP contribution in [0.15, 0.2) is 77.2 Å². The molecule has 1 N–H and O–H groups in total. The highest BCUT2D eigenvalue weighted by atomic mass is 32.1. The van der Waals surface area contributed by atoms with Crippen LogP contribution in [0.1, 0.15) is 38.8 Å². The molecule has 9 heteroatoms. The van der Waals surface area contributed by atoms with E-state index in [1.807, 2.05) is 36.4 Å². The summed E-state index contributed by atoms with van der Waals surface area (Å²) in [4.78, 5) is 44.3. The number of hydrogen-bond donors (Lipinski definition) is 1. The molecule has 1 amide bonds. The number of amides is 1. The predicted molar refractivity (Wildman–Crippen MR) is 151 cm³/mol. The molecule has 0 saturated heterocycles. The van der Waals surface area contributed by atoms with Gasteiger partial charge in [0.05, 0.1) is 23.3 Å². The SMILES string of the molecule is CCOC(=O)c1c(NC(=O)COC(=O)c2ccccc2-c2nc3ccccc3o2)sc2c1CCc1ccccc1-2. The van der Waals surface area contributed by atoms with Gasteiger partial charge in [0.1, 0.15) is 10.5 Å². The molecule has 1 aliphatic rings. The molecule has 0 bridgehead atoms. The van der Waals surface area contributed by atoms with Crippen LogP contribution in [0.4, 0.5) is 5.00 Å². The summed E-state index contributed by atoms with van der Waals surface area (Å²) < 4.78 is 16.5. The van der Waals surface area contributed by atoms with E-state index in [0.717, 1.165) is 22.4 Å². The number of carbonyl (C=O) groups excluding carboxylic acids is 3.